The molecule has 2 aromatic rings. The Morgan fingerprint density at radius 3 is 2.37 bits per heavy atom. The molecule has 0 spiro atoms. The molecule has 4 rings (SSSR count). The highest BCUT2D eigenvalue weighted by molar-refractivity contribution is 7.93. The van der Waals surface area contributed by atoms with E-state index in [0.29, 0.717) is 29.2 Å². The molecule has 1 N–H and O–H groups in total. The highest BCUT2D eigenvalue weighted by atomic mass is 32.2. The van der Waals surface area contributed by atoms with Crippen molar-refractivity contribution in [1.82, 2.24) is 5.32 Å². The van der Waals surface area contributed by atoms with E-state index in [2.05, 4.69) is 5.32 Å². The molecule has 1 fully saturated rings. The maximum Gasteiger partial charge on any atom is 0.242 e. The van der Waals surface area contributed by atoms with Gasteiger partial charge >= 0.3 is 0 Å². The monoisotopic (exact) mass is 433 g/mol. The second-order valence-corrected chi connectivity index (χ2v) is 9.56. The number of hydrogen-bond donors (Lipinski definition) is 1. The van der Waals surface area contributed by atoms with Crippen LogP contribution in [0, 0.1) is 0 Å². The maximum atomic E-state index is 13.7. The van der Waals surface area contributed by atoms with Gasteiger partial charge in [-0.05, 0) is 37.3 Å². The fraction of sp³-hybridized carbons (Fsp3) is 0.381. The molecule has 0 aliphatic carbocycles. The van der Waals surface area contributed by atoms with Crippen LogP contribution in [-0.2, 0) is 14.6 Å². The molecule has 2 heterocycles. The van der Waals surface area contributed by atoms with Crippen molar-refractivity contribution in [2.75, 3.05) is 21.3 Å². The highest BCUT2D eigenvalue weighted by Gasteiger charge is 2.54. The van der Waals surface area contributed by atoms with Gasteiger partial charge in [-0.1, -0.05) is 0 Å². The fourth-order valence-electron chi connectivity index (χ4n) is 4.21. The molecule has 30 heavy (non-hydrogen) atoms. The largest absolute Gasteiger partial charge is 0.497 e. The van der Waals surface area contributed by atoms with Crippen LogP contribution in [0.3, 0.4) is 0 Å². The number of ether oxygens (including phenoxy) is 4. The molecule has 2 bridgehead atoms. The molecule has 8 nitrogen and oxygen atoms in total. The SMILES string of the molecule is COc1ccc2c(c1)C1CC(C)(NC(=O)C1S(=O)(=O)c1cc(OC)ccc1OC)O2. The van der Waals surface area contributed by atoms with Gasteiger partial charge in [0.2, 0.25) is 5.91 Å². The van der Waals surface area contributed by atoms with Crippen molar-refractivity contribution >= 4 is 15.7 Å². The van der Waals surface area contributed by atoms with Gasteiger partial charge in [-0.25, -0.2) is 8.42 Å². The van der Waals surface area contributed by atoms with E-state index in [0.717, 1.165) is 0 Å². The molecule has 2 aromatic carbocycles. The number of methoxy groups -OCH3 is 3. The van der Waals surface area contributed by atoms with Crippen molar-refractivity contribution in [2.24, 2.45) is 0 Å². The lowest BCUT2D eigenvalue weighted by Gasteiger charge is -2.46. The Kier molecular flexibility index (Phi) is 4.80. The summed E-state index contributed by atoms with van der Waals surface area (Å²) in [5.74, 6) is 0.337. The van der Waals surface area contributed by atoms with Crippen molar-refractivity contribution in [3.63, 3.8) is 0 Å². The van der Waals surface area contributed by atoms with Crippen molar-refractivity contribution in [3.8, 4) is 23.0 Å². The zero-order valence-corrected chi connectivity index (χ0v) is 17.9. The van der Waals surface area contributed by atoms with E-state index < -0.39 is 32.6 Å². The van der Waals surface area contributed by atoms with Crippen LogP contribution in [0.2, 0.25) is 0 Å². The number of fused-ring (bicyclic) bond motifs is 4. The Bertz CT molecular complexity index is 1110. The minimum absolute atomic E-state index is 0.0935. The third-order valence-corrected chi connectivity index (χ3v) is 7.73. The van der Waals surface area contributed by atoms with Crippen LogP contribution in [0.5, 0.6) is 23.0 Å². The predicted molar refractivity (Wildman–Crippen MR) is 108 cm³/mol. The zero-order chi connectivity index (χ0) is 21.7. The van der Waals surface area contributed by atoms with Crippen molar-refractivity contribution < 1.29 is 32.2 Å². The number of carbonyl (C=O) groups is 1. The number of piperidine rings is 1. The number of rotatable bonds is 5. The zero-order valence-electron chi connectivity index (χ0n) is 17.1. The summed E-state index contributed by atoms with van der Waals surface area (Å²) in [5.41, 5.74) is -0.370. The normalized spacial score (nSPS) is 24.9. The van der Waals surface area contributed by atoms with E-state index in [-0.39, 0.29) is 10.6 Å². The van der Waals surface area contributed by atoms with Gasteiger partial charge in [-0.15, -0.1) is 0 Å². The Morgan fingerprint density at radius 2 is 1.70 bits per heavy atom. The Hall–Kier alpha value is -2.94. The molecule has 1 saturated heterocycles. The lowest BCUT2D eigenvalue weighted by atomic mass is 9.81. The first-order valence-electron chi connectivity index (χ1n) is 9.37. The number of carbonyl (C=O) groups excluding carboxylic acids is 1. The molecular weight excluding hydrogens is 410 g/mol. The molecule has 2 aliphatic heterocycles. The van der Waals surface area contributed by atoms with Gasteiger partial charge in [0.25, 0.3) is 0 Å². The van der Waals surface area contributed by atoms with Crippen LogP contribution < -0.4 is 24.3 Å². The number of amides is 1. The third-order valence-electron chi connectivity index (χ3n) is 5.58. The Morgan fingerprint density at radius 1 is 1.03 bits per heavy atom. The van der Waals surface area contributed by atoms with Crippen LogP contribution in [-0.4, -0.2) is 46.6 Å². The molecule has 0 saturated carbocycles. The van der Waals surface area contributed by atoms with Crippen molar-refractivity contribution in [2.45, 2.75) is 35.1 Å². The van der Waals surface area contributed by atoms with Gasteiger partial charge in [0.15, 0.2) is 20.8 Å². The van der Waals surface area contributed by atoms with Gasteiger partial charge in [-0.3, -0.25) is 4.79 Å². The van der Waals surface area contributed by atoms with E-state index in [1.165, 1.54) is 33.5 Å². The lowest BCUT2D eigenvalue weighted by Crippen LogP contribution is -2.63. The average molecular weight is 433 g/mol. The van der Waals surface area contributed by atoms with Gasteiger partial charge in [-0.2, -0.15) is 0 Å². The average Bonchev–Trinajstić information content (AvgIpc) is 2.72. The minimum Gasteiger partial charge on any atom is -0.497 e. The van der Waals surface area contributed by atoms with Gasteiger partial charge in [0.1, 0.15) is 27.9 Å². The number of nitrogens with one attached hydrogen (secondary N) is 1. The summed E-state index contributed by atoms with van der Waals surface area (Å²) in [6.45, 7) is 1.74. The molecule has 3 unspecified atom stereocenters. The summed E-state index contributed by atoms with van der Waals surface area (Å²) in [4.78, 5) is 13.0. The summed E-state index contributed by atoms with van der Waals surface area (Å²) >= 11 is 0. The van der Waals surface area contributed by atoms with Crippen LogP contribution in [0.25, 0.3) is 0 Å². The van der Waals surface area contributed by atoms with E-state index in [1.54, 1.807) is 31.2 Å². The Balaban J connectivity index is 1.89. The summed E-state index contributed by atoms with van der Waals surface area (Å²) in [6.07, 6.45) is 0.301. The second-order valence-electron chi connectivity index (χ2n) is 7.52. The topological polar surface area (TPSA) is 100 Å². The van der Waals surface area contributed by atoms with Gasteiger partial charge < -0.3 is 24.3 Å². The Labute approximate surface area is 175 Å². The minimum atomic E-state index is -4.14. The first-order chi connectivity index (χ1) is 14.2. The predicted octanol–water partition coefficient (Wildman–Crippen LogP) is 2.27. The van der Waals surface area contributed by atoms with E-state index in [4.69, 9.17) is 18.9 Å². The molecule has 2 aliphatic rings. The first kappa shape index (κ1) is 20.3. The number of sulfone groups is 1. The van der Waals surface area contributed by atoms with E-state index in [1.807, 2.05) is 0 Å². The van der Waals surface area contributed by atoms with Gasteiger partial charge in [0, 0.05) is 24.0 Å². The second kappa shape index (κ2) is 7.09. The quantitative estimate of drug-likeness (QED) is 0.772. The van der Waals surface area contributed by atoms with Crippen molar-refractivity contribution in [3.05, 3.63) is 42.0 Å². The molecule has 160 valence electrons. The summed E-state index contributed by atoms with van der Waals surface area (Å²) in [7, 11) is 0.211. The molecule has 9 heteroatoms. The fourth-order valence-corrected chi connectivity index (χ4v) is 6.21. The number of benzene rings is 2. The molecule has 0 radical (unpaired) electrons. The smallest absolute Gasteiger partial charge is 0.242 e. The summed E-state index contributed by atoms with van der Waals surface area (Å²) in [6, 6.07) is 9.68. The summed E-state index contributed by atoms with van der Waals surface area (Å²) < 4.78 is 49.2. The molecular formula is C21H23NO7S. The molecule has 3 atom stereocenters. The summed E-state index contributed by atoms with van der Waals surface area (Å²) in [5, 5.41) is 1.38. The standard InChI is InChI=1S/C21H23NO7S/c1-21-11-15(14-9-12(26-2)5-7-16(14)29-21)19(20(23)22-21)30(24,25)18-10-13(27-3)6-8-17(18)28-4/h5-10,15,19H,11H2,1-4H3,(H,22,23). The maximum absolute atomic E-state index is 13.7. The first-order valence-corrected chi connectivity index (χ1v) is 10.9. The van der Waals surface area contributed by atoms with E-state index in [9.17, 15) is 13.2 Å². The van der Waals surface area contributed by atoms with Crippen LogP contribution in [0.15, 0.2) is 41.3 Å². The number of hydrogen-bond acceptors (Lipinski definition) is 7. The van der Waals surface area contributed by atoms with Crippen LogP contribution in [0.4, 0.5) is 0 Å². The van der Waals surface area contributed by atoms with E-state index >= 15 is 0 Å². The van der Waals surface area contributed by atoms with Crippen LogP contribution >= 0.6 is 0 Å². The third kappa shape index (κ3) is 3.13. The molecule has 1 amide bonds. The van der Waals surface area contributed by atoms with Gasteiger partial charge in [0.05, 0.1) is 21.3 Å². The van der Waals surface area contributed by atoms with Crippen molar-refractivity contribution in [1.29, 1.82) is 0 Å². The lowest BCUT2D eigenvalue weighted by molar-refractivity contribution is -0.132. The molecule has 0 aromatic heterocycles. The highest BCUT2D eigenvalue weighted by Crippen LogP contribution is 2.49. The van der Waals surface area contributed by atoms with Crippen LogP contribution in [0.1, 0.15) is 24.8 Å².